The summed E-state index contributed by atoms with van der Waals surface area (Å²) in [6.45, 7) is 8.12. The third kappa shape index (κ3) is 4.09. The predicted octanol–water partition coefficient (Wildman–Crippen LogP) is 3.78. The summed E-state index contributed by atoms with van der Waals surface area (Å²) in [5, 5.41) is 20.8. The number of ether oxygens (including phenoxy) is 1. The van der Waals surface area contributed by atoms with Crippen LogP contribution in [-0.4, -0.2) is 51.1 Å². The highest BCUT2D eigenvalue weighted by Gasteiger charge is 2.33. The fourth-order valence-corrected chi connectivity index (χ4v) is 4.87. The number of nitrogens with zero attached hydrogens (tertiary/aromatic N) is 5. The molecule has 36 heavy (non-hydrogen) atoms. The van der Waals surface area contributed by atoms with Gasteiger partial charge in [-0.05, 0) is 55.3 Å². The molecule has 0 fully saturated rings. The van der Waals surface area contributed by atoms with Crippen molar-refractivity contribution >= 4 is 17.3 Å². The third-order valence-electron chi connectivity index (χ3n) is 6.47. The molecule has 3 N–H and O–H groups in total. The Morgan fingerprint density at radius 2 is 1.97 bits per heavy atom. The van der Waals surface area contributed by atoms with E-state index in [0.29, 0.717) is 24.5 Å². The number of hydrogen-bond acceptors (Lipinski definition) is 7. The van der Waals surface area contributed by atoms with E-state index in [4.69, 9.17) is 4.74 Å². The van der Waals surface area contributed by atoms with Crippen LogP contribution in [0, 0.1) is 6.92 Å². The molecule has 1 atom stereocenters. The van der Waals surface area contributed by atoms with Gasteiger partial charge in [0, 0.05) is 38.0 Å². The summed E-state index contributed by atoms with van der Waals surface area (Å²) in [7, 11) is 1.64. The second-order valence-electron chi connectivity index (χ2n) is 8.59. The monoisotopic (exact) mass is 486 g/mol. The number of tetrazole rings is 1. The van der Waals surface area contributed by atoms with Gasteiger partial charge in [0.1, 0.15) is 0 Å². The number of amides is 1. The lowest BCUT2D eigenvalue weighted by molar-refractivity contribution is 0.0828. The maximum absolute atomic E-state index is 12.6. The fraction of sp³-hybridized carbons (Fsp3) is 0.308. The molecule has 1 aliphatic rings. The Hall–Kier alpha value is -4.18. The molecule has 10 heteroatoms. The molecule has 2 aromatic heterocycles. The molecule has 2 aromatic carbocycles. The van der Waals surface area contributed by atoms with E-state index in [1.165, 1.54) is 0 Å². The number of H-pyrrole nitrogens is 1. The number of nitrogens with one attached hydrogen (secondary N) is 3. The van der Waals surface area contributed by atoms with E-state index in [0.717, 1.165) is 46.0 Å². The number of anilines is 2. The maximum Gasteiger partial charge on any atom is 0.253 e. The highest BCUT2D eigenvalue weighted by atomic mass is 16.5. The Morgan fingerprint density at radius 1 is 1.17 bits per heavy atom. The van der Waals surface area contributed by atoms with E-state index >= 15 is 0 Å². The van der Waals surface area contributed by atoms with Crippen LogP contribution in [0.3, 0.4) is 0 Å². The summed E-state index contributed by atoms with van der Waals surface area (Å²) in [5.74, 6) is 0.446. The minimum atomic E-state index is -0.361. The molecule has 3 heterocycles. The van der Waals surface area contributed by atoms with Gasteiger partial charge in [-0.2, -0.15) is 5.21 Å². The Labute approximate surface area is 209 Å². The molecular weight excluding hydrogens is 456 g/mol. The van der Waals surface area contributed by atoms with Crippen molar-refractivity contribution in [3.05, 3.63) is 65.4 Å². The van der Waals surface area contributed by atoms with Crippen molar-refractivity contribution < 1.29 is 9.53 Å². The first-order valence-corrected chi connectivity index (χ1v) is 12.1. The number of fused-ring (bicyclic) bond motifs is 1. The first kappa shape index (κ1) is 23.6. The number of para-hydroxylation sites is 1. The highest BCUT2D eigenvalue weighted by molar-refractivity contribution is 6.03. The van der Waals surface area contributed by atoms with Crippen molar-refractivity contribution in [1.82, 2.24) is 30.5 Å². The average Bonchev–Trinajstić information content (AvgIpc) is 3.62. The number of hydrogen-bond donors (Lipinski definition) is 3. The van der Waals surface area contributed by atoms with Gasteiger partial charge in [-0.1, -0.05) is 30.3 Å². The smallest absolute Gasteiger partial charge is 0.253 e. The van der Waals surface area contributed by atoms with Crippen LogP contribution < -0.4 is 15.5 Å². The molecule has 1 amide bonds. The summed E-state index contributed by atoms with van der Waals surface area (Å²) in [4.78, 5) is 14.7. The number of aromatic amines is 1. The van der Waals surface area contributed by atoms with Crippen LogP contribution in [0.2, 0.25) is 0 Å². The third-order valence-corrected chi connectivity index (χ3v) is 6.47. The van der Waals surface area contributed by atoms with Crippen LogP contribution in [0.5, 0.6) is 0 Å². The Kier molecular flexibility index (Phi) is 6.43. The number of carbonyl (C=O) groups excluding carboxylic acids is 1. The number of aryl methyl sites for hydroxylation is 1. The molecule has 0 saturated carbocycles. The quantitative estimate of drug-likeness (QED) is 0.347. The van der Waals surface area contributed by atoms with Crippen molar-refractivity contribution in [2.75, 3.05) is 23.9 Å². The van der Waals surface area contributed by atoms with E-state index < -0.39 is 0 Å². The zero-order valence-corrected chi connectivity index (χ0v) is 20.9. The van der Waals surface area contributed by atoms with Crippen LogP contribution in [0.15, 0.2) is 48.5 Å². The predicted molar refractivity (Wildman–Crippen MR) is 139 cm³/mol. The van der Waals surface area contributed by atoms with Gasteiger partial charge in [0.05, 0.1) is 22.6 Å². The second-order valence-corrected chi connectivity index (χ2v) is 8.59. The Bertz CT molecular complexity index is 1360. The van der Waals surface area contributed by atoms with Gasteiger partial charge < -0.3 is 24.8 Å². The van der Waals surface area contributed by atoms with E-state index in [1.54, 1.807) is 7.05 Å². The number of carbonyl (C=O) groups is 1. The summed E-state index contributed by atoms with van der Waals surface area (Å²) in [5.41, 5.74) is 7.64. The molecule has 186 valence electrons. The molecule has 4 aromatic rings. The minimum absolute atomic E-state index is 0.129. The van der Waals surface area contributed by atoms with Gasteiger partial charge in [-0.15, -0.1) is 10.2 Å². The zero-order chi connectivity index (χ0) is 25.2. The van der Waals surface area contributed by atoms with Gasteiger partial charge in [0.2, 0.25) is 12.2 Å². The summed E-state index contributed by atoms with van der Waals surface area (Å²) in [6.07, 6.45) is -0.361. The molecule has 0 bridgehead atoms. The Morgan fingerprint density at radius 3 is 2.64 bits per heavy atom. The standard InChI is InChI=1S/C26H30N8O2/c1-5-33-16(3)14-20(24-29-31-32-30-24)22(33)18-12-10-17(11-13-18)15-34-23-19(25(35)27-4)8-7-9-21(23)28-26(34)36-6-2/h7-14,26,28H,5-6,15H2,1-4H3,(H,27,35)(H,29,30,31,32). The van der Waals surface area contributed by atoms with Crippen LogP contribution >= 0.6 is 0 Å². The van der Waals surface area contributed by atoms with E-state index in [1.807, 2.05) is 25.1 Å². The molecular formula is C26H30N8O2. The zero-order valence-electron chi connectivity index (χ0n) is 20.9. The summed E-state index contributed by atoms with van der Waals surface area (Å²) in [6, 6.07) is 16.2. The average molecular weight is 487 g/mol. The largest absolute Gasteiger partial charge is 0.355 e. The van der Waals surface area contributed by atoms with Crippen LogP contribution in [0.4, 0.5) is 11.4 Å². The lowest BCUT2D eigenvalue weighted by Gasteiger charge is -2.27. The van der Waals surface area contributed by atoms with Crippen molar-refractivity contribution in [3.63, 3.8) is 0 Å². The molecule has 0 aliphatic carbocycles. The number of aromatic nitrogens is 5. The topological polar surface area (TPSA) is 113 Å². The second kappa shape index (κ2) is 9.82. The molecule has 0 spiro atoms. The van der Waals surface area contributed by atoms with Gasteiger partial charge in [-0.25, -0.2) is 0 Å². The van der Waals surface area contributed by atoms with Crippen molar-refractivity contribution in [3.8, 4) is 22.6 Å². The van der Waals surface area contributed by atoms with Crippen LogP contribution in [0.25, 0.3) is 22.6 Å². The van der Waals surface area contributed by atoms with Crippen molar-refractivity contribution in [1.29, 1.82) is 0 Å². The SMILES string of the molecule is CCOC1Nc2cccc(C(=O)NC)c2N1Cc1ccc(-c2c(-c3nn[nH]n3)cc(C)n2CC)cc1. The van der Waals surface area contributed by atoms with E-state index in [-0.39, 0.29) is 12.3 Å². The molecule has 0 radical (unpaired) electrons. The fourth-order valence-electron chi connectivity index (χ4n) is 4.87. The maximum atomic E-state index is 12.6. The van der Waals surface area contributed by atoms with Gasteiger partial charge in [0.25, 0.3) is 5.91 Å². The molecule has 1 unspecified atom stereocenters. The lowest BCUT2D eigenvalue weighted by atomic mass is 10.0. The van der Waals surface area contributed by atoms with E-state index in [2.05, 4.69) is 84.9 Å². The lowest BCUT2D eigenvalue weighted by Crippen LogP contribution is -2.38. The first-order chi connectivity index (χ1) is 17.5. The normalized spacial score (nSPS) is 14.6. The van der Waals surface area contributed by atoms with Gasteiger partial charge in [-0.3, -0.25) is 4.79 Å². The highest BCUT2D eigenvalue weighted by Crippen LogP contribution is 2.39. The molecule has 5 rings (SSSR count). The van der Waals surface area contributed by atoms with E-state index in [9.17, 15) is 4.79 Å². The molecule has 10 nitrogen and oxygen atoms in total. The first-order valence-electron chi connectivity index (χ1n) is 12.1. The minimum Gasteiger partial charge on any atom is -0.355 e. The molecule has 1 aliphatic heterocycles. The van der Waals surface area contributed by atoms with Crippen LogP contribution in [-0.2, 0) is 17.8 Å². The summed E-state index contributed by atoms with van der Waals surface area (Å²) < 4.78 is 8.23. The van der Waals surface area contributed by atoms with Gasteiger partial charge >= 0.3 is 0 Å². The van der Waals surface area contributed by atoms with Crippen LogP contribution in [0.1, 0.15) is 35.5 Å². The number of rotatable bonds is 8. The van der Waals surface area contributed by atoms with Crippen molar-refractivity contribution in [2.45, 2.75) is 40.2 Å². The number of benzene rings is 2. The van der Waals surface area contributed by atoms with Crippen molar-refractivity contribution in [2.24, 2.45) is 0 Å². The summed E-state index contributed by atoms with van der Waals surface area (Å²) >= 11 is 0. The Balaban J connectivity index is 1.49. The molecule has 0 saturated heterocycles. The van der Waals surface area contributed by atoms with Gasteiger partial charge in [0.15, 0.2) is 0 Å².